The Kier molecular flexibility index (Phi) is 3.74. The van der Waals surface area contributed by atoms with E-state index in [0.717, 1.165) is 5.39 Å². The average molecular weight is 319 g/mol. The van der Waals surface area contributed by atoms with Gasteiger partial charge >= 0.3 is 5.97 Å². The molecule has 5 nitrogen and oxygen atoms in total. The number of aliphatic carboxylic acids is 1. The van der Waals surface area contributed by atoms with Crippen molar-refractivity contribution in [1.82, 2.24) is 9.88 Å². The van der Waals surface area contributed by atoms with Crippen molar-refractivity contribution in [3.05, 3.63) is 41.0 Å². The van der Waals surface area contributed by atoms with E-state index in [1.165, 1.54) is 0 Å². The summed E-state index contributed by atoms with van der Waals surface area (Å²) in [6, 6.07) is 6.98. The van der Waals surface area contributed by atoms with E-state index < -0.39 is 11.9 Å². The molecule has 1 N–H and O–H groups in total. The molecule has 2 aromatic rings. The second kappa shape index (κ2) is 5.57. The van der Waals surface area contributed by atoms with E-state index in [2.05, 4.69) is 4.98 Å². The van der Waals surface area contributed by atoms with E-state index in [1.807, 2.05) is 13.0 Å². The Morgan fingerprint density at radius 1 is 1.36 bits per heavy atom. The van der Waals surface area contributed by atoms with Crippen LogP contribution in [0.5, 0.6) is 0 Å². The summed E-state index contributed by atoms with van der Waals surface area (Å²) in [7, 11) is 0. The first-order valence-electron chi connectivity index (χ1n) is 7.03. The predicted octanol–water partition coefficient (Wildman–Crippen LogP) is 2.68. The molecule has 1 aliphatic heterocycles. The molecule has 0 unspecified atom stereocenters. The molecular weight excluding hydrogens is 304 g/mol. The van der Waals surface area contributed by atoms with Crippen molar-refractivity contribution in [2.24, 2.45) is 11.8 Å². The molecule has 1 saturated heterocycles. The van der Waals surface area contributed by atoms with Gasteiger partial charge in [0.25, 0.3) is 5.91 Å². The summed E-state index contributed by atoms with van der Waals surface area (Å²) >= 11 is 6.09. The SMILES string of the molecule is C[C@@H]1CN(C(=O)c2cc(Cl)cc3cccnc23)C[C@H]1C(=O)O. The molecule has 0 radical (unpaired) electrons. The normalized spacial score (nSPS) is 21.3. The van der Waals surface area contributed by atoms with E-state index in [9.17, 15) is 14.7 Å². The molecule has 0 saturated carbocycles. The van der Waals surface area contributed by atoms with Crippen LogP contribution in [-0.2, 0) is 4.79 Å². The van der Waals surface area contributed by atoms with Crippen LogP contribution >= 0.6 is 11.6 Å². The summed E-state index contributed by atoms with van der Waals surface area (Å²) in [6.45, 7) is 2.49. The standard InChI is InChI=1S/C16H15ClN2O3/c1-9-7-19(8-13(9)16(21)22)15(20)12-6-11(17)5-10-3-2-4-18-14(10)12/h2-6,9,13H,7-8H2,1H3,(H,21,22)/t9-,13-/m1/s1. The molecule has 1 aromatic heterocycles. The minimum atomic E-state index is -0.864. The Labute approximate surface area is 132 Å². The number of carboxylic acid groups (broad SMARTS) is 1. The van der Waals surface area contributed by atoms with E-state index >= 15 is 0 Å². The smallest absolute Gasteiger partial charge is 0.308 e. The van der Waals surface area contributed by atoms with Gasteiger partial charge in [-0.15, -0.1) is 0 Å². The van der Waals surface area contributed by atoms with Gasteiger partial charge < -0.3 is 10.0 Å². The second-order valence-electron chi connectivity index (χ2n) is 5.66. The van der Waals surface area contributed by atoms with Gasteiger partial charge in [0.2, 0.25) is 0 Å². The van der Waals surface area contributed by atoms with Gasteiger partial charge in [-0.1, -0.05) is 24.6 Å². The predicted molar refractivity (Wildman–Crippen MR) is 82.9 cm³/mol. The monoisotopic (exact) mass is 318 g/mol. The van der Waals surface area contributed by atoms with Crippen LogP contribution in [-0.4, -0.2) is 40.0 Å². The molecule has 1 aromatic carbocycles. The average Bonchev–Trinajstić information content (AvgIpc) is 2.87. The van der Waals surface area contributed by atoms with Crippen LogP contribution in [0.2, 0.25) is 5.02 Å². The number of likely N-dealkylation sites (tertiary alicyclic amines) is 1. The lowest BCUT2D eigenvalue weighted by molar-refractivity contribution is -0.142. The van der Waals surface area contributed by atoms with Crippen molar-refractivity contribution in [3.8, 4) is 0 Å². The van der Waals surface area contributed by atoms with Crippen LogP contribution in [0.4, 0.5) is 0 Å². The number of carboxylic acids is 1. The van der Waals surface area contributed by atoms with E-state index in [4.69, 9.17) is 11.6 Å². The molecule has 2 atom stereocenters. The van der Waals surface area contributed by atoms with Crippen molar-refractivity contribution >= 4 is 34.4 Å². The molecular formula is C16H15ClN2O3. The molecule has 114 valence electrons. The number of carbonyl (C=O) groups is 2. The fraction of sp³-hybridized carbons (Fsp3) is 0.312. The van der Waals surface area contributed by atoms with Gasteiger partial charge in [0.1, 0.15) is 0 Å². The van der Waals surface area contributed by atoms with E-state index in [1.54, 1.807) is 29.3 Å². The summed E-state index contributed by atoms with van der Waals surface area (Å²) < 4.78 is 0. The van der Waals surface area contributed by atoms with Crippen LogP contribution in [0.25, 0.3) is 10.9 Å². The van der Waals surface area contributed by atoms with Crippen LogP contribution in [0, 0.1) is 11.8 Å². The van der Waals surface area contributed by atoms with Gasteiger partial charge in [-0.05, 0) is 24.1 Å². The van der Waals surface area contributed by atoms with Gasteiger partial charge in [0.05, 0.1) is 17.0 Å². The minimum Gasteiger partial charge on any atom is -0.481 e. The lowest BCUT2D eigenvalue weighted by atomic mass is 9.99. The maximum Gasteiger partial charge on any atom is 0.308 e. The Hall–Kier alpha value is -2.14. The molecule has 0 bridgehead atoms. The summed E-state index contributed by atoms with van der Waals surface area (Å²) in [6.07, 6.45) is 1.62. The number of carbonyl (C=O) groups excluding carboxylic acids is 1. The first-order chi connectivity index (χ1) is 10.5. The number of halogens is 1. The number of nitrogens with zero attached hydrogens (tertiary/aromatic N) is 2. The number of fused-ring (bicyclic) bond motifs is 1. The first kappa shape index (κ1) is 14.8. The van der Waals surface area contributed by atoms with Crippen LogP contribution in [0.3, 0.4) is 0 Å². The van der Waals surface area contributed by atoms with Crippen molar-refractivity contribution < 1.29 is 14.7 Å². The number of pyridine rings is 1. The third-order valence-electron chi connectivity index (χ3n) is 4.12. The Morgan fingerprint density at radius 3 is 2.82 bits per heavy atom. The molecule has 1 aliphatic rings. The molecule has 2 heterocycles. The lowest BCUT2D eigenvalue weighted by Crippen LogP contribution is -2.30. The fourth-order valence-corrected chi connectivity index (χ4v) is 3.17. The molecule has 1 amide bonds. The largest absolute Gasteiger partial charge is 0.481 e. The molecule has 22 heavy (non-hydrogen) atoms. The van der Waals surface area contributed by atoms with Crippen LogP contribution in [0.1, 0.15) is 17.3 Å². The van der Waals surface area contributed by atoms with Crippen LogP contribution < -0.4 is 0 Å². The Morgan fingerprint density at radius 2 is 2.14 bits per heavy atom. The molecule has 0 aliphatic carbocycles. The Bertz CT molecular complexity index is 762. The highest BCUT2D eigenvalue weighted by atomic mass is 35.5. The highest BCUT2D eigenvalue weighted by molar-refractivity contribution is 6.32. The number of rotatable bonds is 2. The summed E-state index contributed by atoms with van der Waals surface area (Å²) in [5.41, 5.74) is 1.00. The number of aromatic nitrogens is 1. The van der Waals surface area contributed by atoms with Gasteiger partial charge in [0, 0.05) is 29.7 Å². The number of hydrogen-bond donors (Lipinski definition) is 1. The molecule has 0 spiro atoms. The summed E-state index contributed by atoms with van der Waals surface area (Å²) in [4.78, 5) is 29.8. The zero-order chi connectivity index (χ0) is 15.9. The third kappa shape index (κ3) is 2.52. The van der Waals surface area contributed by atoms with Gasteiger partial charge in [0.15, 0.2) is 0 Å². The second-order valence-corrected chi connectivity index (χ2v) is 6.10. The molecule has 6 heteroatoms. The van der Waals surface area contributed by atoms with Gasteiger partial charge in [-0.2, -0.15) is 0 Å². The van der Waals surface area contributed by atoms with E-state index in [-0.39, 0.29) is 18.4 Å². The maximum atomic E-state index is 12.8. The zero-order valence-electron chi connectivity index (χ0n) is 12.0. The van der Waals surface area contributed by atoms with Crippen molar-refractivity contribution in [2.45, 2.75) is 6.92 Å². The number of amides is 1. The molecule has 1 fully saturated rings. The quantitative estimate of drug-likeness (QED) is 0.924. The topological polar surface area (TPSA) is 70.5 Å². The minimum absolute atomic E-state index is 0.0696. The first-order valence-corrected chi connectivity index (χ1v) is 7.41. The third-order valence-corrected chi connectivity index (χ3v) is 4.34. The zero-order valence-corrected chi connectivity index (χ0v) is 12.7. The van der Waals surface area contributed by atoms with Crippen LogP contribution in [0.15, 0.2) is 30.5 Å². The maximum absolute atomic E-state index is 12.8. The summed E-state index contributed by atoms with van der Waals surface area (Å²) in [5.74, 6) is -1.68. The fourth-order valence-electron chi connectivity index (χ4n) is 2.94. The van der Waals surface area contributed by atoms with Crippen molar-refractivity contribution in [2.75, 3.05) is 13.1 Å². The van der Waals surface area contributed by atoms with Crippen molar-refractivity contribution in [3.63, 3.8) is 0 Å². The van der Waals surface area contributed by atoms with Gasteiger partial charge in [-0.3, -0.25) is 14.6 Å². The van der Waals surface area contributed by atoms with Crippen molar-refractivity contribution in [1.29, 1.82) is 0 Å². The van der Waals surface area contributed by atoms with E-state index in [0.29, 0.717) is 22.6 Å². The number of benzene rings is 1. The highest BCUT2D eigenvalue weighted by Crippen LogP contribution is 2.28. The highest BCUT2D eigenvalue weighted by Gasteiger charge is 2.37. The number of hydrogen-bond acceptors (Lipinski definition) is 3. The Balaban J connectivity index is 1.98. The summed E-state index contributed by atoms with van der Waals surface area (Å²) in [5, 5.41) is 10.5. The van der Waals surface area contributed by atoms with Gasteiger partial charge in [-0.25, -0.2) is 0 Å². The lowest BCUT2D eigenvalue weighted by Gasteiger charge is -2.17. The molecule has 3 rings (SSSR count).